The van der Waals surface area contributed by atoms with Crippen molar-refractivity contribution in [2.24, 2.45) is 5.73 Å². The molecule has 1 saturated heterocycles. The van der Waals surface area contributed by atoms with Gasteiger partial charge in [0, 0.05) is 32.0 Å². The number of nitrogens with two attached hydrogens (primary N) is 1. The molecule has 1 amide bonds. The van der Waals surface area contributed by atoms with Crippen molar-refractivity contribution in [1.82, 2.24) is 4.90 Å². The number of nitrogens with zero attached hydrogens (tertiary/aromatic N) is 1. The number of likely N-dealkylation sites (tertiary alicyclic amines) is 1. The molecule has 0 aromatic carbocycles. The molecule has 1 fully saturated rings. The maximum Gasteiger partial charge on any atom is 0.303 e. The second-order valence-electron chi connectivity index (χ2n) is 3.30. The topological polar surface area (TPSA) is 83.6 Å². The molecular weight excluding hydrogens is 172 g/mol. The van der Waals surface area contributed by atoms with E-state index in [1.807, 2.05) is 0 Å². The smallest absolute Gasteiger partial charge is 0.303 e. The van der Waals surface area contributed by atoms with Crippen molar-refractivity contribution in [2.45, 2.75) is 25.3 Å². The summed E-state index contributed by atoms with van der Waals surface area (Å²) >= 11 is 0. The van der Waals surface area contributed by atoms with Crippen molar-refractivity contribution in [3.05, 3.63) is 0 Å². The number of rotatable bonds is 4. The molecule has 0 aromatic rings. The quantitative estimate of drug-likeness (QED) is 0.614. The number of carboxylic acids is 1. The van der Waals surface area contributed by atoms with Gasteiger partial charge < -0.3 is 15.7 Å². The Kier molecular flexibility index (Phi) is 3.25. The molecule has 3 N–H and O–H groups in total. The summed E-state index contributed by atoms with van der Waals surface area (Å²) in [5.74, 6) is -0.783. The first-order valence-electron chi connectivity index (χ1n) is 4.34. The van der Waals surface area contributed by atoms with Gasteiger partial charge in [-0.05, 0) is 6.42 Å². The fourth-order valence-electron chi connectivity index (χ4n) is 1.44. The Morgan fingerprint density at radius 3 is 2.85 bits per heavy atom. The van der Waals surface area contributed by atoms with Crippen molar-refractivity contribution >= 4 is 11.9 Å². The van der Waals surface area contributed by atoms with E-state index in [1.165, 1.54) is 0 Å². The van der Waals surface area contributed by atoms with Gasteiger partial charge in [-0.3, -0.25) is 9.59 Å². The molecule has 1 rings (SSSR count). The Morgan fingerprint density at radius 1 is 1.69 bits per heavy atom. The molecule has 5 heteroatoms. The maximum absolute atomic E-state index is 11.2. The van der Waals surface area contributed by atoms with Gasteiger partial charge in [-0.2, -0.15) is 0 Å². The highest BCUT2D eigenvalue weighted by Gasteiger charge is 2.26. The number of hydrogen-bond donors (Lipinski definition) is 2. The Bertz CT molecular complexity index is 217. The first-order chi connectivity index (χ1) is 6.09. The van der Waals surface area contributed by atoms with E-state index in [-0.39, 0.29) is 18.4 Å². The average Bonchev–Trinajstić information content (AvgIpc) is 2.29. The van der Waals surface area contributed by atoms with E-state index in [0.29, 0.717) is 25.9 Å². The summed E-state index contributed by atoms with van der Waals surface area (Å²) in [6.45, 7) is 1.08. The van der Waals surface area contributed by atoms with Crippen LogP contribution in [0.3, 0.4) is 0 Å². The zero-order chi connectivity index (χ0) is 9.84. The second kappa shape index (κ2) is 4.23. The molecule has 13 heavy (non-hydrogen) atoms. The normalized spacial score (nSPS) is 22.4. The van der Waals surface area contributed by atoms with Crippen molar-refractivity contribution in [3.8, 4) is 0 Å². The number of aliphatic carboxylic acids is 1. The summed E-state index contributed by atoms with van der Waals surface area (Å²) in [5.41, 5.74) is 5.57. The van der Waals surface area contributed by atoms with Crippen LogP contribution in [0.2, 0.25) is 0 Å². The van der Waals surface area contributed by atoms with Crippen LogP contribution < -0.4 is 5.73 Å². The van der Waals surface area contributed by atoms with Crippen LogP contribution in [0.15, 0.2) is 0 Å². The first-order valence-corrected chi connectivity index (χ1v) is 4.34. The van der Waals surface area contributed by atoms with E-state index in [2.05, 4.69) is 0 Å². The highest BCUT2D eigenvalue weighted by atomic mass is 16.4. The Morgan fingerprint density at radius 2 is 2.38 bits per heavy atom. The average molecular weight is 186 g/mol. The third-order valence-electron chi connectivity index (χ3n) is 2.06. The third-order valence-corrected chi connectivity index (χ3v) is 2.06. The van der Waals surface area contributed by atoms with E-state index < -0.39 is 5.97 Å². The monoisotopic (exact) mass is 186 g/mol. The predicted octanol–water partition coefficient (Wildman–Crippen LogP) is -0.589. The molecule has 74 valence electrons. The van der Waals surface area contributed by atoms with Crippen LogP contribution in [-0.4, -0.2) is 41.0 Å². The number of amides is 1. The summed E-state index contributed by atoms with van der Waals surface area (Å²) in [5, 5.41) is 8.38. The minimum atomic E-state index is -0.823. The highest BCUT2D eigenvalue weighted by molar-refractivity contribution is 5.79. The molecule has 1 unspecified atom stereocenters. The summed E-state index contributed by atoms with van der Waals surface area (Å²) in [4.78, 5) is 23.0. The lowest BCUT2D eigenvalue weighted by Crippen LogP contribution is -2.29. The molecule has 0 saturated carbocycles. The Labute approximate surface area is 76.5 Å². The van der Waals surface area contributed by atoms with E-state index in [1.54, 1.807) is 4.90 Å². The Balaban J connectivity index is 2.22. The third kappa shape index (κ3) is 3.02. The molecule has 1 aliphatic heterocycles. The van der Waals surface area contributed by atoms with Gasteiger partial charge >= 0.3 is 5.97 Å². The summed E-state index contributed by atoms with van der Waals surface area (Å²) in [6, 6.07) is -0.0719. The van der Waals surface area contributed by atoms with E-state index in [9.17, 15) is 9.59 Å². The minimum absolute atomic E-state index is 0.0397. The minimum Gasteiger partial charge on any atom is -0.481 e. The second-order valence-corrected chi connectivity index (χ2v) is 3.30. The number of carbonyl (C=O) groups is 2. The van der Waals surface area contributed by atoms with Crippen molar-refractivity contribution in [3.63, 3.8) is 0 Å². The van der Waals surface area contributed by atoms with Gasteiger partial charge in [0.15, 0.2) is 0 Å². The molecule has 0 aromatic heterocycles. The Hall–Kier alpha value is -1.10. The summed E-state index contributed by atoms with van der Waals surface area (Å²) in [7, 11) is 0. The lowest BCUT2D eigenvalue weighted by Gasteiger charge is -2.14. The number of carboxylic acid groups (broad SMARTS) is 1. The van der Waals surface area contributed by atoms with Crippen LogP contribution in [0.1, 0.15) is 19.3 Å². The summed E-state index contributed by atoms with van der Waals surface area (Å²) < 4.78 is 0. The van der Waals surface area contributed by atoms with Crippen molar-refractivity contribution < 1.29 is 14.7 Å². The standard InChI is InChI=1S/C8H14N2O3/c9-6-4-7(11)10(5-6)3-1-2-8(12)13/h6H,1-5,9H2,(H,12,13). The number of carbonyl (C=O) groups excluding carboxylic acids is 1. The van der Waals surface area contributed by atoms with Gasteiger partial charge in [0.05, 0.1) is 0 Å². The van der Waals surface area contributed by atoms with Crippen LogP contribution >= 0.6 is 0 Å². The van der Waals surface area contributed by atoms with E-state index in [4.69, 9.17) is 10.8 Å². The molecule has 1 heterocycles. The van der Waals surface area contributed by atoms with Crippen LogP contribution in [-0.2, 0) is 9.59 Å². The summed E-state index contributed by atoms with van der Waals surface area (Å²) in [6.07, 6.45) is 1.01. The predicted molar refractivity (Wildman–Crippen MR) is 46.0 cm³/mol. The maximum atomic E-state index is 11.2. The van der Waals surface area contributed by atoms with Crippen LogP contribution in [0.4, 0.5) is 0 Å². The van der Waals surface area contributed by atoms with E-state index >= 15 is 0 Å². The van der Waals surface area contributed by atoms with Crippen LogP contribution in [0.5, 0.6) is 0 Å². The van der Waals surface area contributed by atoms with E-state index in [0.717, 1.165) is 0 Å². The van der Waals surface area contributed by atoms with Gasteiger partial charge in [-0.25, -0.2) is 0 Å². The molecule has 5 nitrogen and oxygen atoms in total. The van der Waals surface area contributed by atoms with Crippen molar-refractivity contribution in [1.29, 1.82) is 0 Å². The SMILES string of the molecule is NC1CC(=O)N(CCCC(=O)O)C1. The van der Waals surface area contributed by atoms with Gasteiger partial charge in [0.1, 0.15) is 0 Å². The largest absolute Gasteiger partial charge is 0.481 e. The number of hydrogen-bond acceptors (Lipinski definition) is 3. The van der Waals surface area contributed by atoms with Crippen molar-refractivity contribution in [2.75, 3.05) is 13.1 Å². The molecule has 1 atom stereocenters. The molecule has 0 spiro atoms. The molecule has 1 aliphatic rings. The van der Waals surface area contributed by atoms with Gasteiger partial charge in [0.25, 0.3) is 0 Å². The molecule has 0 bridgehead atoms. The van der Waals surface area contributed by atoms with Crippen LogP contribution in [0.25, 0.3) is 0 Å². The van der Waals surface area contributed by atoms with Gasteiger partial charge in [-0.1, -0.05) is 0 Å². The zero-order valence-electron chi connectivity index (χ0n) is 7.40. The lowest BCUT2D eigenvalue weighted by molar-refractivity contribution is -0.137. The highest BCUT2D eigenvalue weighted by Crippen LogP contribution is 2.09. The fourth-order valence-corrected chi connectivity index (χ4v) is 1.44. The van der Waals surface area contributed by atoms with Crippen LogP contribution in [0, 0.1) is 0 Å². The zero-order valence-corrected chi connectivity index (χ0v) is 7.40. The molecule has 0 radical (unpaired) electrons. The molecule has 0 aliphatic carbocycles. The first kappa shape index (κ1) is 9.98. The van der Waals surface area contributed by atoms with Gasteiger partial charge in [0.2, 0.25) is 5.91 Å². The van der Waals surface area contributed by atoms with Gasteiger partial charge in [-0.15, -0.1) is 0 Å². The lowest BCUT2D eigenvalue weighted by atomic mass is 10.3. The fraction of sp³-hybridized carbons (Fsp3) is 0.750. The molecular formula is C8H14N2O3.